The molecule has 7 heteroatoms. The Hall–Kier alpha value is -1.66. The standard InChI is InChI=1S/C11H8ClFN2O2S/c12-8-1-2-9(13)10(4-8)14-5-7-3-11(15(16)17)18-6-7/h1-4,6,14H,5H2. The van der Waals surface area contributed by atoms with Crippen molar-refractivity contribution in [2.24, 2.45) is 0 Å². The number of benzene rings is 1. The Morgan fingerprint density at radius 3 is 2.89 bits per heavy atom. The molecule has 1 N–H and O–H groups in total. The predicted molar refractivity (Wildman–Crippen MR) is 69.7 cm³/mol. The van der Waals surface area contributed by atoms with Crippen LogP contribution < -0.4 is 5.32 Å². The Bertz CT molecular complexity index is 588. The van der Waals surface area contributed by atoms with Gasteiger partial charge < -0.3 is 5.32 Å². The van der Waals surface area contributed by atoms with E-state index in [1.807, 2.05) is 0 Å². The van der Waals surface area contributed by atoms with Gasteiger partial charge in [0.25, 0.3) is 0 Å². The van der Waals surface area contributed by atoms with Crippen molar-refractivity contribution in [3.63, 3.8) is 0 Å². The zero-order valence-electron chi connectivity index (χ0n) is 9.02. The zero-order chi connectivity index (χ0) is 13.1. The van der Waals surface area contributed by atoms with Gasteiger partial charge in [0.05, 0.1) is 10.6 Å². The molecule has 0 radical (unpaired) electrons. The Labute approximate surface area is 111 Å². The summed E-state index contributed by atoms with van der Waals surface area (Å²) in [6.07, 6.45) is 0. The fourth-order valence-electron chi connectivity index (χ4n) is 1.38. The van der Waals surface area contributed by atoms with Crippen LogP contribution in [0.5, 0.6) is 0 Å². The first kappa shape index (κ1) is 12.8. The van der Waals surface area contributed by atoms with Gasteiger partial charge in [0.15, 0.2) is 0 Å². The summed E-state index contributed by atoms with van der Waals surface area (Å²) in [5.41, 5.74) is 1.00. The lowest BCUT2D eigenvalue weighted by atomic mass is 10.2. The summed E-state index contributed by atoms with van der Waals surface area (Å²) in [4.78, 5) is 10.1. The van der Waals surface area contributed by atoms with Crippen LogP contribution in [0.1, 0.15) is 5.56 Å². The lowest BCUT2D eigenvalue weighted by Crippen LogP contribution is -2.00. The number of anilines is 1. The lowest BCUT2D eigenvalue weighted by Gasteiger charge is -2.06. The third kappa shape index (κ3) is 2.96. The van der Waals surface area contributed by atoms with Gasteiger partial charge in [-0.2, -0.15) is 0 Å². The topological polar surface area (TPSA) is 55.2 Å². The minimum absolute atomic E-state index is 0.0679. The number of hydrogen-bond acceptors (Lipinski definition) is 4. The summed E-state index contributed by atoms with van der Waals surface area (Å²) in [5, 5.41) is 15.5. The molecule has 0 saturated heterocycles. The van der Waals surface area contributed by atoms with E-state index >= 15 is 0 Å². The first-order chi connectivity index (χ1) is 8.56. The average Bonchev–Trinajstić information content (AvgIpc) is 2.79. The molecule has 0 saturated carbocycles. The maximum Gasteiger partial charge on any atom is 0.324 e. The van der Waals surface area contributed by atoms with Crippen molar-refractivity contribution in [1.29, 1.82) is 0 Å². The number of halogens is 2. The Kier molecular flexibility index (Phi) is 3.78. The third-order valence-corrected chi connectivity index (χ3v) is 3.40. The normalized spacial score (nSPS) is 10.3. The highest BCUT2D eigenvalue weighted by molar-refractivity contribution is 7.13. The van der Waals surface area contributed by atoms with Gasteiger partial charge in [0.1, 0.15) is 5.82 Å². The van der Waals surface area contributed by atoms with Crippen LogP contribution in [0.2, 0.25) is 5.02 Å². The average molecular weight is 287 g/mol. The molecule has 1 aromatic heterocycles. The molecule has 0 aliphatic rings. The molecule has 0 bridgehead atoms. The second kappa shape index (κ2) is 5.32. The SMILES string of the molecule is O=[N+]([O-])c1cc(CNc2cc(Cl)ccc2F)cs1. The lowest BCUT2D eigenvalue weighted by molar-refractivity contribution is -0.380. The zero-order valence-corrected chi connectivity index (χ0v) is 10.6. The van der Waals surface area contributed by atoms with Crippen LogP contribution in [0, 0.1) is 15.9 Å². The molecule has 18 heavy (non-hydrogen) atoms. The first-order valence-electron chi connectivity index (χ1n) is 4.97. The molecular formula is C11H8ClFN2O2S. The molecule has 4 nitrogen and oxygen atoms in total. The van der Waals surface area contributed by atoms with E-state index in [0.29, 0.717) is 11.6 Å². The van der Waals surface area contributed by atoms with Crippen molar-refractivity contribution >= 4 is 33.6 Å². The van der Waals surface area contributed by atoms with Crippen LogP contribution in [0.4, 0.5) is 15.1 Å². The number of rotatable bonds is 4. The van der Waals surface area contributed by atoms with Crippen LogP contribution in [0.25, 0.3) is 0 Å². The molecule has 0 atom stereocenters. The van der Waals surface area contributed by atoms with E-state index in [4.69, 9.17) is 11.6 Å². The van der Waals surface area contributed by atoms with E-state index in [1.54, 1.807) is 5.38 Å². The molecule has 0 fully saturated rings. The fourth-order valence-corrected chi connectivity index (χ4v) is 2.28. The van der Waals surface area contributed by atoms with Crippen LogP contribution in [0.3, 0.4) is 0 Å². The quantitative estimate of drug-likeness (QED) is 0.681. The summed E-state index contributed by atoms with van der Waals surface area (Å²) in [5.74, 6) is -0.413. The summed E-state index contributed by atoms with van der Waals surface area (Å²) in [7, 11) is 0. The van der Waals surface area contributed by atoms with Crippen LogP contribution in [0.15, 0.2) is 29.6 Å². The molecule has 0 aliphatic carbocycles. The molecule has 94 valence electrons. The Morgan fingerprint density at radius 2 is 2.22 bits per heavy atom. The fraction of sp³-hybridized carbons (Fsp3) is 0.0909. The number of nitro groups is 1. The molecule has 0 amide bonds. The maximum absolute atomic E-state index is 13.4. The van der Waals surface area contributed by atoms with Crippen molar-refractivity contribution in [2.45, 2.75) is 6.54 Å². The second-order valence-corrected chi connectivity index (χ2v) is 4.85. The minimum atomic E-state index is -0.450. The van der Waals surface area contributed by atoms with Gasteiger partial charge in [-0.3, -0.25) is 10.1 Å². The summed E-state index contributed by atoms with van der Waals surface area (Å²) in [6.45, 7) is 0.307. The second-order valence-electron chi connectivity index (χ2n) is 3.53. The van der Waals surface area contributed by atoms with Crippen molar-refractivity contribution in [1.82, 2.24) is 0 Å². The van der Waals surface area contributed by atoms with E-state index in [9.17, 15) is 14.5 Å². The number of nitrogens with zero attached hydrogens (tertiary/aromatic N) is 1. The van der Waals surface area contributed by atoms with Crippen LogP contribution in [-0.4, -0.2) is 4.92 Å². The van der Waals surface area contributed by atoms with Crippen molar-refractivity contribution in [3.8, 4) is 0 Å². The molecule has 0 spiro atoms. The van der Waals surface area contributed by atoms with E-state index < -0.39 is 10.7 Å². The molecule has 0 aliphatic heterocycles. The highest BCUT2D eigenvalue weighted by Crippen LogP contribution is 2.24. The summed E-state index contributed by atoms with van der Waals surface area (Å²) < 4.78 is 13.4. The molecular weight excluding hydrogens is 279 g/mol. The van der Waals surface area contributed by atoms with E-state index in [-0.39, 0.29) is 10.7 Å². The molecule has 2 rings (SSSR count). The van der Waals surface area contributed by atoms with Gasteiger partial charge in [-0.1, -0.05) is 22.9 Å². The van der Waals surface area contributed by atoms with Gasteiger partial charge in [-0.25, -0.2) is 4.39 Å². The van der Waals surface area contributed by atoms with Crippen LogP contribution in [-0.2, 0) is 6.54 Å². The number of hydrogen-bond donors (Lipinski definition) is 1. The third-order valence-electron chi connectivity index (χ3n) is 2.23. The van der Waals surface area contributed by atoms with E-state index in [0.717, 1.165) is 16.9 Å². The van der Waals surface area contributed by atoms with Gasteiger partial charge in [-0.05, 0) is 23.8 Å². The van der Waals surface area contributed by atoms with Crippen LogP contribution >= 0.6 is 22.9 Å². The Balaban J connectivity index is 2.06. The van der Waals surface area contributed by atoms with E-state index in [1.165, 1.54) is 24.3 Å². The summed E-state index contributed by atoms with van der Waals surface area (Å²) >= 11 is 6.79. The van der Waals surface area contributed by atoms with Gasteiger partial charge in [0.2, 0.25) is 0 Å². The monoisotopic (exact) mass is 286 g/mol. The van der Waals surface area contributed by atoms with Gasteiger partial charge in [-0.15, -0.1) is 0 Å². The first-order valence-corrected chi connectivity index (χ1v) is 6.23. The number of thiophene rings is 1. The van der Waals surface area contributed by atoms with E-state index in [2.05, 4.69) is 5.32 Å². The maximum atomic E-state index is 13.4. The molecule has 0 unspecified atom stereocenters. The van der Waals surface area contributed by atoms with Crippen molar-refractivity contribution in [3.05, 3.63) is 56.2 Å². The molecule has 2 aromatic rings. The van der Waals surface area contributed by atoms with Gasteiger partial charge >= 0.3 is 5.00 Å². The highest BCUT2D eigenvalue weighted by Gasteiger charge is 2.10. The molecule has 1 aromatic carbocycles. The predicted octanol–water partition coefficient (Wildman–Crippen LogP) is 4.06. The highest BCUT2D eigenvalue weighted by atomic mass is 35.5. The molecule has 1 heterocycles. The Morgan fingerprint density at radius 1 is 1.44 bits per heavy atom. The smallest absolute Gasteiger partial charge is 0.324 e. The van der Waals surface area contributed by atoms with Gasteiger partial charge in [0, 0.05) is 23.0 Å². The van der Waals surface area contributed by atoms with Crippen molar-refractivity contribution < 1.29 is 9.31 Å². The van der Waals surface area contributed by atoms with Crippen molar-refractivity contribution in [2.75, 3.05) is 5.32 Å². The number of nitrogens with one attached hydrogen (secondary N) is 1. The summed E-state index contributed by atoms with van der Waals surface area (Å²) in [6, 6.07) is 5.65. The largest absolute Gasteiger partial charge is 0.379 e. The minimum Gasteiger partial charge on any atom is -0.379 e.